The number of benzene rings is 1. The Morgan fingerprint density at radius 1 is 1.26 bits per heavy atom. The first-order valence-electron chi connectivity index (χ1n) is 8.75. The number of amides is 1. The second kappa shape index (κ2) is 7.61. The maximum absolute atomic E-state index is 12.6. The fraction of sp³-hybridized carbons (Fsp3) is 0.368. The normalized spacial score (nSPS) is 12.0. The summed E-state index contributed by atoms with van der Waals surface area (Å²) in [4.78, 5) is 16.9. The van der Waals surface area contributed by atoms with Crippen molar-refractivity contribution in [3.63, 3.8) is 0 Å². The van der Waals surface area contributed by atoms with Crippen molar-refractivity contribution >= 4 is 5.91 Å². The number of nitrogens with one attached hydrogen (secondary N) is 1. The highest BCUT2D eigenvalue weighted by molar-refractivity contribution is 5.95. The molecule has 3 rings (SSSR count). The molecule has 0 radical (unpaired) electrons. The summed E-state index contributed by atoms with van der Waals surface area (Å²) in [5.74, 6) is 0.369. The van der Waals surface area contributed by atoms with Crippen molar-refractivity contribution in [2.24, 2.45) is 7.05 Å². The monoisotopic (exact) mass is 368 g/mol. The summed E-state index contributed by atoms with van der Waals surface area (Å²) >= 11 is 0. The average molecular weight is 368 g/mol. The zero-order valence-electron chi connectivity index (χ0n) is 16.2. The number of carbonyl (C=O) groups is 1. The molecule has 0 unspecified atom stereocenters. The molecule has 0 saturated heterocycles. The molecule has 8 heteroatoms. The lowest BCUT2D eigenvalue weighted by atomic mass is 10.1. The first kappa shape index (κ1) is 18.6. The molecule has 1 aromatic carbocycles. The van der Waals surface area contributed by atoms with Gasteiger partial charge in [-0.1, -0.05) is 12.1 Å². The van der Waals surface area contributed by atoms with E-state index < -0.39 is 0 Å². The van der Waals surface area contributed by atoms with E-state index in [1.807, 2.05) is 43.7 Å². The van der Waals surface area contributed by atoms with Gasteiger partial charge in [-0.2, -0.15) is 10.1 Å². The molecule has 0 spiro atoms. The van der Waals surface area contributed by atoms with Crippen LogP contribution in [0.3, 0.4) is 0 Å². The molecule has 0 aliphatic rings. The lowest BCUT2D eigenvalue weighted by Gasteiger charge is -2.15. The molecule has 0 saturated carbocycles. The van der Waals surface area contributed by atoms with Gasteiger partial charge in [-0.05, 0) is 39.0 Å². The predicted octanol–water partition coefficient (Wildman–Crippen LogP) is 2.30. The van der Waals surface area contributed by atoms with Crippen LogP contribution in [0.25, 0.3) is 11.4 Å². The van der Waals surface area contributed by atoms with Gasteiger partial charge < -0.3 is 10.1 Å². The largest absolute Gasteiger partial charge is 0.467 e. The van der Waals surface area contributed by atoms with E-state index in [0.717, 1.165) is 17.0 Å². The van der Waals surface area contributed by atoms with Crippen molar-refractivity contribution in [2.75, 3.05) is 13.7 Å². The van der Waals surface area contributed by atoms with Gasteiger partial charge >= 0.3 is 6.01 Å². The summed E-state index contributed by atoms with van der Waals surface area (Å²) < 4.78 is 8.63. The number of ether oxygens (including phenoxy) is 1. The Bertz CT molecular complexity index is 959. The molecule has 3 aromatic rings. The molecule has 0 aliphatic heterocycles. The van der Waals surface area contributed by atoms with Crippen LogP contribution in [0.4, 0.5) is 0 Å². The Hall–Kier alpha value is -3.16. The highest BCUT2D eigenvalue weighted by Gasteiger charge is 2.14. The number of carbonyl (C=O) groups excluding carboxylic acids is 1. The van der Waals surface area contributed by atoms with E-state index in [1.54, 1.807) is 31.0 Å². The van der Waals surface area contributed by atoms with Crippen molar-refractivity contribution in [2.45, 2.75) is 26.8 Å². The van der Waals surface area contributed by atoms with Crippen LogP contribution in [0, 0.1) is 13.8 Å². The molecule has 27 heavy (non-hydrogen) atoms. The number of hydrogen-bond acceptors (Lipinski definition) is 5. The lowest BCUT2D eigenvalue weighted by Crippen LogP contribution is -2.30. The van der Waals surface area contributed by atoms with Gasteiger partial charge in [0, 0.05) is 30.4 Å². The molecule has 2 heterocycles. The minimum absolute atomic E-state index is 0.0625. The van der Waals surface area contributed by atoms with Crippen LogP contribution in [0.1, 0.15) is 34.7 Å². The average Bonchev–Trinajstić information content (AvgIpc) is 3.20. The SMILES string of the molecule is COc1nc(-c2cccc(C(=O)NC[C@@H](C)n3nc(C)cc3C)c2)nn1C. The summed E-state index contributed by atoms with van der Waals surface area (Å²) in [6.45, 7) is 6.48. The minimum Gasteiger partial charge on any atom is -0.467 e. The Balaban J connectivity index is 1.71. The maximum Gasteiger partial charge on any atom is 0.314 e. The summed E-state index contributed by atoms with van der Waals surface area (Å²) in [5.41, 5.74) is 3.36. The molecular formula is C19H24N6O2. The van der Waals surface area contributed by atoms with Crippen molar-refractivity contribution in [3.05, 3.63) is 47.3 Å². The van der Waals surface area contributed by atoms with Crippen LogP contribution >= 0.6 is 0 Å². The van der Waals surface area contributed by atoms with E-state index in [0.29, 0.717) is 23.9 Å². The van der Waals surface area contributed by atoms with Gasteiger partial charge in [0.15, 0.2) is 5.82 Å². The fourth-order valence-electron chi connectivity index (χ4n) is 2.99. The molecule has 0 fully saturated rings. The summed E-state index contributed by atoms with van der Waals surface area (Å²) in [6, 6.07) is 9.73. The molecule has 1 N–H and O–H groups in total. The molecule has 0 aliphatic carbocycles. The molecule has 2 aromatic heterocycles. The van der Waals surface area contributed by atoms with Crippen molar-refractivity contribution in [1.29, 1.82) is 0 Å². The Morgan fingerprint density at radius 3 is 2.67 bits per heavy atom. The van der Waals surface area contributed by atoms with Crippen molar-refractivity contribution in [3.8, 4) is 17.4 Å². The van der Waals surface area contributed by atoms with Gasteiger partial charge in [0.2, 0.25) is 0 Å². The number of methoxy groups -OCH3 is 1. The topological polar surface area (TPSA) is 86.9 Å². The van der Waals surface area contributed by atoms with E-state index in [9.17, 15) is 4.79 Å². The molecule has 0 bridgehead atoms. The van der Waals surface area contributed by atoms with Crippen LogP contribution in [0.5, 0.6) is 6.01 Å². The van der Waals surface area contributed by atoms with Gasteiger partial charge in [0.25, 0.3) is 5.91 Å². The third-order valence-corrected chi connectivity index (χ3v) is 4.31. The highest BCUT2D eigenvalue weighted by Crippen LogP contribution is 2.19. The fourth-order valence-corrected chi connectivity index (χ4v) is 2.99. The van der Waals surface area contributed by atoms with Crippen molar-refractivity contribution in [1.82, 2.24) is 29.9 Å². The van der Waals surface area contributed by atoms with Gasteiger partial charge in [0.1, 0.15) is 0 Å². The van der Waals surface area contributed by atoms with E-state index >= 15 is 0 Å². The standard InChI is InChI=1S/C19H24N6O2/c1-12-9-13(2)25(22-12)14(3)11-20-18(26)16-8-6-7-15(10-16)17-21-19(27-5)24(4)23-17/h6-10,14H,11H2,1-5H3,(H,20,26)/t14-/m1/s1. The molecule has 1 amide bonds. The number of hydrogen-bond donors (Lipinski definition) is 1. The number of aryl methyl sites for hydroxylation is 3. The molecule has 142 valence electrons. The number of aromatic nitrogens is 5. The smallest absolute Gasteiger partial charge is 0.314 e. The van der Waals surface area contributed by atoms with Gasteiger partial charge in [-0.3, -0.25) is 9.48 Å². The van der Waals surface area contributed by atoms with Crippen LogP contribution in [0.2, 0.25) is 0 Å². The summed E-state index contributed by atoms with van der Waals surface area (Å²) in [5, 5.41) is 11.8. The van der Waals surface area contributed by atoms with Gasteiger partial charge in [-0.15, -0.1) is 5.10 Å². The second-order valence-electron chi connectivity index (χ2n) is 6.56. The molecule has 8 nitrogen and oxygen atoms in total. The third-order valence-electron chi connectivity index (χ3n) is 4.31. The van der Waals surface area contributed by atoms with E-state index in [1.165, 1.54) is 0 Å². The zero-order valence-corrected chi connectivity index (χ0v) is 16.2. The van der Waals surface area contributed by atoms with E-state index in [2.05, 4.69) is 20.5 Å². The predicted molar refractivity (Wildman–Crippen MR) is 102 cm³/mol. The lowest BCUT2D eigenvalue weighted by molar-refractivity contribution is 0.0948. The Labute approximate surface area is 158 Å². The first-order valence-corrected chi connectivity index (χ1v) is 8.75. The van der Waals surface area contributed by atoms with Crippen LogP contribution in [-0.2, 0) is 7.05 Å². The number of nitrogens with zero attached hydrogens (tertiary/aromatic N) is 5. The van der Waals surface area contributed by atoms with Crippen LogP contribution in [0.15, 0.2) is 30.3 Å². The van der Waals surface area contributed by atoms with E-state index in [-0.39, 0.29) is 11.9 Å². The summed E-state index contributed by atoms with van der Waals surface area (Å²) in [6.07, 6.45) is 0. The third kappa shape index (κ3) is 3.99. The van der Waals surface area contributed by atoms with Crippen LogP contribution < -0.4 is 10.1 Å². The summed E-state index contributed by atoms with van der Waals surface area (Å²) in [7, 11) is 3.30. The maximum atomic E-state index is 12.6. The number of rotatable bonds is 6. The van der Waals surface area contributed by atoms with E-state index in [4.69, 9.17) is 4.74 Å². The van der Waals surface area contributed by atoms with Gasteiger partial charge in [0.05, 0.1) is 18.8 Å². The minimum atomic E-state index is -0.145. The Kier molecular flexibility index (Phi) is 5.25. The van der Waals surface area contributed by atoms with Crippen LogP contribution in [-0.4, -0.2) is 44.1 Å². The quantitative estimate of drug-likeness (QED) is 0.721. The second-order valence-corrected chi connectivity index (χ2v) is 6.56. The van der Waals surface area contributed by atoms with Crippen molar-refractivity contribution < 1.29 is 9.53 Å². The first-order chi connectivity index (χ1) is 12.9. The highest BCUT2D eigenvalue weighted by atomic mass is 16.5. The molecule has 1 atom stereocenters. The Morgan fingerprint density at radius 2 is 2.04 bits per heavy atom. The zero-order chi connectivity index (χ0) is 19.6. The molecular weight excluding hydrogens is 344 g/mol. The van der Waals surface area contributed by atoms with Gasteiger partial charge in [-0.25, -0.2) is 4.68 Å².